The molecule has 2 aromatic heterocycles. The van der Waals surface area contributed by atoms with Crippen LogP contribution in [0, 0.1) is 0 Å². The molecule has 0 unspecified atom stereocenters. The van der Waals surface area contributed by atoms with E-state index in [1.165, 1.54) is 5.56 Å². The average molecular weight is 349 g/mol. The van der Waals surface area contributed by atoms with Gasteiger partial charge in [-0.15, -0.1) is 10.2 Å². The fraction of sp³-hybridized carbons (Fsp3) is 0.143. The molecule has 0 aliphatic rings. The van der Waals surface area contributed by atoms with Gasteiger partial charge in [-0.2, -0.15) is 0 Å². The first-order valence-electron chi connectivity index (χ1n) is 6.18. The van der Waals surface area contributed by atoms with Crippen LogP contribution < -0.4 is 5.32 Å². The van der Waals surface area contributed by atoms with Gasteiger partial charge < -0.3 is 5.32 Å². The predicted molar refractivity (Wildman–Crippen MR) is 84.0 cm³/mol. The monoisotopic (exact) mass is 348 g/mol. The normalized spacial score (nSPS) is 11.1. The molecule has 6 heteroatoms. The van der Waals surface area contributed by atoms with Crippen molar-refractivity contribution in [3.05, 3.63) is 52.6 Å². The van der Waals surface area contributed by atoms with E-state index >= 15 is 0 Å². The summed E-state index contributed by atoms with van der Waals surface area (Å²) in [5.74, 6) is 0. The van der Waals surface area contributed by atoms with Crippen molar-refractivity contribution in [3.63, 3.8) is 0 Å². The molecule has 0 saturated heterocycles. The van der Waals surface area contributed by atoms with E-state index in [1.54, 1.807) is 11.8 Å². The second kappa shape index (κ2) is 5.95. The smallest absolute Gasteiger partial charge is 0.200 e. The van der Waals surface area contributed by atoms with Crippen molar-refractivity contribution in [2.24, 2.45) is 0 Å². The van der Waals surface area contributed by atoms with E-state index in [0.717, 1.165) is 26.7 Å². The maximum atomic E-state index is 4.23. The number of aromatic nitrogens is 3. The van der Waals surface area contributed by atoms with Crippen LogP contribution in [-0.4, -0.2) is 21.6 Å². The Morgan fingerprint density at radius 1 is 1.25 bits per heavy atom. The predicted octanol–water partition coefficient (Wildman–Crippen LogP) is 3.36. The summed E-state index contributed by atoms with van der Waals surface area (Å²) in [6, 6.07) is 12.2. The highest BCUT2D eigenvalue weighted by atomic mass is 79.9. The van der Waals surface area contributed by atoms with E-state index in [9.17, 15) is 0 Å². The zero-order valence-corrected chi connectivity index (χ0v) is 13.3. The summed E-state index contributed by atoms with van der Waals surface area (Å²) >= 11 is 5.21. The zero-order valence-electron chi connectivity index (χ0n) is 10.9. The Kier molecular flexibility index (Phi) is 4.05. The van der Waals surface area contributed by atoms with E-state index in [4.69, 9.17) is 0 Å². The Morgan fingerprint density at radius 2 is 2.15 bits per heavy atom. The molecule has 0 radical (unpaired) electrons. The van der Waals surface area contributed by atoms with Crippen LogP contribution in [0.4, 0.5) is 0 Å². The second-order valence-electron chi connectivity index (χ2n) is 4.30. The van der Waals surface area contributed by atoms with Gasteiger partial charge in [0.15, 0.2) is 10.8 Å². The van der Waals surface area contributed by atoms with Crippen molar-refractivity contribution in [3.8, 4) is 0 Å². The van der Waals surface area contributed by atoms with Gasteiger partial charge in [0.25, 0.3) is 0 Å². The van der Waals surface area contributed by atoms with Gasteiger partial charge in [-0.05, 0) is 48.6 Å². The van der Waals surface area contributed by atoms with Gasteiger partial charge in [0.05, 0.1) is 0 Å². The van der Waals surface area contributed by atoms with E-state index in [2.05, 4.69) is 49.6 Å². The minimum Gasteiger partial charge on any atom is -0.316 e. The first kappa shape index (κ1) is 13.6. The Labute approximate surface area is 129 Å². The molecule has 0 atom stereocenters. The lowest BCUT2D eigenvalue weighted by atomic mass is 10.2. The summed E-state index contributed by atoms with van der Waals surface area (Å²) in [5.41, 5.74) is 2.10. The quantitative estimate of drug-likeness (QED) is 0.784. The lowest BCUT2D eigenvalue weighted by molar-refractivity contribution is 0.813. The van der Waals surface area contributed by atoms with Crippen LogP contribution in [-0.2, 0) is 6.54 Å². The first-order valence-corrected chi connectivity index (χ1v) is 7.79. The van der Waals surface area contributed by atoms with Crippen LogP contribution in [0.1, 0.15) is 5.56 Å². The first-order chi connectivity index (χ1) is 9.78. The molecule has 2 heterocycles. The Balaban J connectivity index is 1.89. The number of hydrogen-bond donors (Lipinski definition) is 1. The minimum absolute atomic E-state index is 0.847. The molecule has 0 fully saturated rings. The zero-order chi connectivity index (χ0) is 13.9. The molecule has 1 aromatic carbocycles. The molecule has 3 aromatic rings. The summed E-state index contributed by atoms with van der Waals surface area (Å²) in [4.78, 5) is 1.13. The van der Waals surface area contributed by atoms with Crippen molar-refractivity contribution in [1.29, 1.82) is 0 Å². The molecule has 0 saturated carbocycles. The number of nitrogens with zero attached hydrogens (tertiary/aromatic N) is 3. The van der Waals surface area contributed by atoms with Gasteiger partial charge in [0.1, 0.15) is 0 Å². The van der Waals surface area contributed by atoms with Crippen LogP contribution >= 0.6 is 27.7 Å². The lowest BCUT2D eigenvalue weighted by Crippen LogP contribution is -2.05. The SMILES string of the molecule is CNCc1ccc(Sc2nnc3ccccn23)cc1Br. The Hall–Kier alpha value is -1.37. The third-order valence-corrected chi connectivity index (χ3v) is 4.57. The van der Waals surface area contributed by atoms with Crippen molar-refractivity contribution in [1.82, 2.24) is 19.9 Å². The molecule has 0 spiro atoms. The van der Waals surface area contributed by atoms with Gasteiger partial charge in [0.2, 0.25) is 0 Å². The van der Waals surface area contributed by atoms with Crippen molar-refractivity contribution >= 4 is 33.3 Å². The molecule has 3 rings (SSSR count). The summed E-state index contributed by atoms with van der Waals surface area (Å²) in [6.45, 7) is 0.847. The number of benzene rings is 1. The second-order valence-corrected chi connectivity index (χ2v) is 6.19. The van der Waals surface area contributed by atoms with Crippen molar-refractivity contribution in [2.45, 2.75) is 16.6 Å². The molecule has 4 nitrogen and oxygen atoms in total. The molecular weight excluding hydrogens is 336 g/mol. The Morgan fingerprint density at radius 3 is 2.95 bits per heavy atom. The van der Waals surface area contributed by atoms with Gasteiger partial charge in [-0.25, -0.2) is 0 Å². The van der Waals surface area contributed by atoms with Gasteiger partial charge in [-0.1, -0.05) is 28.1 Å². The van der Waals surface area contributed by atoms with Crippen LogP contribution in [0.25, 0.3) is 5.65 Å². The van der Waals surface area contributed by atoms with E-state index in [-0.39, 0.29) is 0 Å². The van der Waals surface area contributed by atoms with Crippen LogP contribution in [0.3, 0.4) is 0 Å². The standard InChI is InChI=1S/C14H13BrN4S/c1-16-9-10-5-6-11(8-12(10)15)20-14-18-17-13-4-2-3-7-19(13)14/h2-8,16H,9H2,1H3. The number of fused-ring (bicyclic) bond motifs is 1. The summed E-state index contributed by atoms with van der Waals surface area (Å²) in [7, 11) is 1.94. The molecule has 0 aliphatic carbocycles. The highest BCUT2D eigenvalue weighted by molar-refractivity contribution is 9.10. The van der Waals surface area contributed by atoms with E-state index in [0.29, 0.717) is 0 Å². The molecule has 20 heavy (non-hydrogen) atoms. The molecular formula is C14H13BrN4S. The number of rotatable bonds is 4. The number of pyridine rings is 1. The van der Waals surface area contributed by atoms with Crippen LogP contribution in [0.5, 0.6) is 0 Å². The maximum Gasteiger partial charge on any atom is 0.200 e. The minimum atomic E-state index is 0.847. The summed E-state index contributed by atoms with van der Waals surface area (Å²) < 4.78 is 3.09. The van der Waals surface area contributed by atoms with Crippen molar-refractivity contribution < 1.29 is 0 Å². The van der Waals surface area contributed by atoms with Crippen molar-refractivity contribution in [2.75, 3.05) is 7.05 Å². The Bertz CT molecular complexity index is 741. The third-order valence-electron chi connectivity index (χ3n) is 2.88. The molecule has 102 valence electrons. The van der Waals surface area contributed by atoms with Gasteiger partial charge in [-0.3, -0.25) is 4.40 Å². The number of hydrogen-bond acceptors (Lipinski definition) is 4. The molecule has 0 amide bonds. The summed E-state index contributed by atoms with van der Waals surface area (Å²) in [6.07, 6.45) is 1.97. The fourth-order valence-corrected chi connectivity index (χ4v) is 3.45. The fourth-order valence-electron chi connectivity index (χ4n) is 1.92. The average Bonchev–Trinajstić information content (AvgIpc) is 2.86. The summed E-state index contributed by atoms with van der Waals surface area (Å²) in [5, 5.41) is 12.4. The lowest BCUT2D eigenvalue weighted by Gasteiger charge is -2.06. The van der Waals surface area contributed by atoms with Crippen LogP contribution in [0.15, 0.2) is 57.1 Å². The van der Waals surface area contributed by atoms with E-state index < -0.39 is 0 Å². The highest BCUT2D eigenvalue weighted by Gasteiger charge is 2.08. The van der Waals surface area contributed by atoms with Gasteiger partial charge in [0, 0.05) is 22.1 Å². The molecule has 1 N–H and O–H groups in total. The number of nitrogens with one attached hydrogen (secondary N) is 1. The third kappa shape index (κ3) is 2.72. The molecule has 0 aliphatic heterocycles. The molecule has 0 bridgehead atoms. The van der Waals surface area contributed by atoms with E-state index in [1.807, 2.05) is 35.8 Å². The maximum absolute atomic E-state index is 4.23. The topological polar surface area (TPSA) is 42.2 Å². The largest absolute Gasteiger partial charge is 0.316 e. The highest BCUT2D eigenvalue weighted by Crippen LogP contribution is 2.30. The van der Waals surface area contributed by atoms with Gasteiger partial charge >= 0.3 is 0 Å². The number of halogens is 1. The van der Waals surface area contributed by atoms with Crippen LogP contribution in [0.2, 0.25) is 0 Å².